The van der Waals surface area contributed by atoms with E-state index < -0.39 is 16.4 Å². The number of para-hydroxylation sites is 1. The number of pyridine rings is 1. The molecule has 0 amide bonds. The Labute approximate surface area is 94.6 Å². The van der Waals surface area contributed by atoms with E-state index >= 15 is 0 Å². The van der Waals surface area contributed by atoms with Crippen LogP contribution in [0.3, 0.4) is 0 Å². The van der Waals surface area contributed by atoms with Gasteiger partial charge in [-0.3, -0.25) is 9.00 Å². The molecule has 0 aliphatic rings. The zero-order valence-electron chi connectivity index (χ0n) is 8.93. The van der Waals surface area contributed by atoms with Crippen LogP contribution in [-0.4, -0.2) is 20.1 Å². The zero-order valence-corrected chi connectivity index (χ0v) is 9.75. The van der Waals surface area contributed by atoms with Crippen molar-refractivity contribution in [3.05, 3.63) is 34.6 Å². The fraction of sp³-hybridized carbons (Fsp3) is 0.182. The van der Waals surface area contributed by atoms with Gasteiger partial charge in [0.05, 0.1) is 16.3 Å². The summed E-state index contributed by atoms with van der Waals surface area (Å²) in [6.07, 6.45) is 1.38. The highest BCUT2D eigenvalue weighted by Crippen LogP contribution is 2.26. The van der Waals surface area contributed by atoms with Crippen molar-refractivity contribution < 1.29 is 9.32 Å². The fourth-order valence-corrected chi connectivity index (χ4v) is 2.48. The summed E-state index contributed by atoms with van der Waals surface area (Å²) in [7, 11) is 0.0959. The fourth-order valence-electron chi connectivity index (χ4n) is 1.71. The van der Waals surface area contributed by atoms with Crippen LogP contribution in [0.15, 0.2) is 34.0 Å². The predicted molar refractivity (Wildman–Crippen MR) is 63.2 cm³/mol. The van der Waals surface area contributed by atoms with Crippen LogP contribution in [0.1, 0.15) is 0 Å². The van der Waals surface area contributed by atoms with Gasteiger partial charge in [0.25, 0.3) is 5.56 Å². The minimum Gasteiger partial charge on any atom is -0.506 e. The lowest BCUT2D eigenvalue weighted by Gasteiger charge is -2.09. The molecule has 0 aliphatic carbocycles. The summed E-state index contributed by atoms with van der Waals surface area (Å²) in [6.45, 7) is 0. The average Bonchev–Trinajstić information content (AvgIpc) is 2.26. The highest BCUT2D eigenvalue weighted by atomic mass is 32.2. The highest BCUT2D eigenvalue weighted by Gasteiger charge is 2.16. The van der Waals surface area contributed by atoms with E-state index in [0.717, 1.165) is 0 Å². The minimum atomic E-state index is -1.50. The molecule has 0 fully saturated rings. The smallest absolute Gasteiger partial charge is 0.270 e. The lowest BCUT2D eigenvalue weighted by molar-refractivity contribution is 0.464. The van der Waals surface area contributed by atoms with E-state index in [4.69, 9.17) is 0 Å². The number of aromatic hydroxyl groups is 1. The summed E-state index contributed by atoms with van der Waals surface area (Å²) in [4.78, 5) is 11.8. The molecule has 16 heavy (non-hydrogen) atoms. The first kappa shape index (κ1) is 10.9. The normalized spacial score (nSPS) is 12.9. The predicted octanol–water partition coefficient (Wildman–Crippen LogP) is 0.981. The molecule has 5 heteroatoms. The average molecular weight is 237 g/mol. The number of fused-ring (bicyclic) bond motifs is 1. The molecule has 1 heterocycles. The Hall–Kier alpha value is -1.62. The maximum atomic E-state index is 11.9. The third-order valence-electron chi connectivity index (χ3n) is 2.52. The topological polar surface area (TPSA) is 59.3 Å². The second-order valence-corrected chi connectivity index (χ2v) is 4.83. The minimum absolute atomic E-state index is 0.0406. The molecular formula is C11H11NO3S. The molecule has 84 valence electrons. The van der Waals surface area contributed by atoms with E-state index in [2.05, 4.69) is 0 Å². The molecule has 1 aromatic heterocycles. The van der Waals surface area contributed by atoms with Crippen molar-refractivity contribution in [2.24, 2.45) is 7.05 Å². The Kier molecular flexibility index (Phi) is 2.55. The van der Waals surface area contributed by atoms with E-state index in [1.807, 2.05) is 0 Å². The molecule has 0 bridgehead atoms. The largest absolute Gasteiger partial charge is 0.506 e. The van der Waals surface area contributed by atoms with Crippen LogP contribution in [0.25, 0.3) is 10.9 Å². The highest BCUT2D eigenvalue weighted by molar-refractivity contribution is 7.84. The molecule has 2 aromatic rings. The molecule has 0 saturated carbocycles. The molecule has 1 atom stereocenters. The van der Waals surface area contributed by atoms with Gasteiger partial charge in [0, 0.05) is 18.7 Å². The lowest BCUT2D eigenvalue weighted by atomic mass is 10.2. The summed E-state index contributed by atoms with van der Waals surface area (Å²) in [5.41, 5.74) is 0.205. The van der Waals surface area contributed by atoms with Gasteiger partial charge < -0.3 is 9.67 Å². The van der Waals surface area contributed by atoms with Crippen molar-refractivity contribution >= 4 is 21.7 Å². The number of rotatable bonds is 1. The van der Waals surface area contributed by atoms with Crippen molar-refractivity contribution in [2.75, 3.05) is 6.26 Å². The maximum Gasteiger partial charge on any atom is 0.270 e. The number of hydrogen-bond acceptors (Lipinski definition) is 3. The van der Waals surface area contributed by atoms with Gasteiger partial charge in [-0.15, -0.1) is 0 Å². The van der Waals surface area contributed by atoms with Crippen molar-refractivity contribution in [2.45, 2.75) is 4.90 Å². The third-order valence-corrected chi connectivity index (χ3v) is 3.46. The monoisotopic (exact) mass is 237 g/mol. The van der Waals surface area contributed by atoms with E-state index in [1.165, 1.54) is 10.8 Å². The standard InChI is InChI=1S/C11H11NO3S/c1-12-8-6-4-3-5-7(8)9(13)10(11(12)14)16(2)15/h3-6,13H,1-2H3/t16-/m0/s1. The summed E-state index contributed by atoms with van der Waals surface area (Å²) < 4.78 is 12.8. The van der Waals surface area contributed by atoms with Crippen LogP contribution in [0.5, 0.6) is 5.75 Å². The SMILES string of the molecule is Cn1c(=O)c([S@](C)=O)c(O)c2ccccc21. The molecule has 0 saturated heterocycles. The molecule has 0 unspecified atom stereocenters. The number of benzene rings is 1. The van der Waals surface area contributed by atoms with Crippen LogP contribution in [0, 0.1) is 0 Å². The van der Waals surface area contributed by atoms with E-state index in [-0.39, 0.29) is 10.6 Å². The number of hydrogen-bond donors (Lipinski definition) is 1. The van der Waals surface area contributed by atoms with Gasteiger partial charge in [-0.1, -0.05) is 12.1 Å². The summed E-state index contributed by atoms with van der Waals surface area (Å²) >= 11 is 0. The number of aromatic nitrogens is 1. The molecule has 1 aromatic carbocycles. The van der Waals surface area contributed by atoms with Gasteiger partial charge in [-0.05, 0) is 12.1 Å². The Bertz CT molecular complexity index is 645. The maximum absolute atomic E-state index is 11.9. The molecule has 0 aliphatic heterocycles. The first-order chi connectivity index (χ1) is 7.54. The number of nitrogens with zero attached hydrogens (tertiary/aromatic N) is 1. The second kappa shape index (κ2) is 3.75. The molecule has 0 radical (unpaired) electrons. The van der Waals surface area contributed by atoms with Gasteiger partial charge >= 0.3 is 0 Å². The first-order valence-corrected chi connectivity index (χ1v) is 6.24. The van der Waals surface area contributed by atoms with Gasteiger partial charge in [-0.25, -0.2) is 0 Å². The second-order valence-electron chi connectivity index (χ2n) is 3.51. The Morgan fingerprint density at radius 1 is 1.31 bits per heavy atom. The molecule has 2 rings (SSSR count). The van der Waals surface area contributed by atoms with Crippen LogP contribution in [-0.2, 0) is 17.8 Å². The quantitative estimate of drug-likeness (QED) is 0.804. The van der Waals surface area contributed by atoms with Crippen LogP contribution >= 0.6 is 0 Å². The summed E-state index contributed by atoms with van der Waals surface area (Å²) in [6, 6.07) is 6.97. The first-order valence-electron chi connectivity index (χ1n) is 4.68. The van der Waals surface area contributed by atoms with Gasteiger partial charge in [0.15, 0.2) is 0 Å². The van der Waals surface area contributed by atoms with E-state index in [1.54, 1.807) is 31.3 Å². The Morgan fingerprint density at radius 3 is 2.56 bits per heavy atom. The van der Waals surface area contributed by atoms with Crippen molar-refractivity contribution in [1.82, 2.24) is 4.57 Å². The van der Waals surface area contributed by atoms with E-state index in [9.17, 15) is 14.1 Å². The molecule has 0 spiro atoms. The van der Waals surface area contributed by atoms with Crippen molar-refractivity contribution in [1.29, 1.82) is 0 Å². The Balaban J connectivity index is 3.07. The summed E-state index contributed by atoms with van der Waals surface area (Å²) in [5.74, 6) is -0.181. The van der Waals surface area contributed by atoms with Crippen molar-refractivity contribution in [3.63, 3.8) is 0 Å². The van der Waals surface area contributed by atoms with Crippen LogP contribution < -0.4 is 5.56 Å². The van der Waals surface area contributed by atoms with Gasteiger partial charge in [-0.2, -0.15) is 0 Å². The van der Waals surface area contributed by atoms with Crippen LogP contribution in [0.4, 0.5) is 0 Å². The molecule has 4 nitrogen and oxygen atoms in total. The summed E-state index contributed by atoms with van der Waals surface area (Å²) in [5, 5.41) is 10.5. The zero-order chi connectivity index (χ0) is 11.9. The molecule has 1 N–H and O–H groups in total. The third kappa shape index (κ3) is 1.44. The van der Waals surface area contributed by atoms with Crippen molar-refractivity contribution in [3.8, 4) is 5.75 Å². The van der Waals surface area contributed by atoms with Crippen LogP contribution in [0.2, 0.25) is 0 Å². The van der Waals surface area contributed by atoms with Gasteiger partial charge in [0.1, 0.15) is 10.6 Å². The van der Waals surface area contributed by atoms with Gasteiger partial charge in [0.2, 0.25) is 0 Å². The van der Waals surface area contributed by atoms with E-state index in [0.29, 0.717) is 10.9 Å². The lowest BCUT2D eigenvalue weighted by Crippen LogP contribution is -2.21. The molecular weight excluding hydrogens is 226 g/mol. The number of aryl methyl sites for hydroxylation is 1. The Morgan fingerprint density at radius 2 is 1.94 bits per heavy atom.